The monoisotopic (exact) mass is 382 g/mol. The first-order chi connectivity index (χ1) is 13.3. The Morgan fingerprint density at radius 1 is 0.630 bits per heavy atom. The lowest BCUT2D eigenvalue weighted by molar-refractivity contribution is -0.0465. The molecule has 0 spiro atoms. The smallest absolute Gasteiger partial charge is 0.0802 e. The minimum absolute atomic E-state index is 0.204. The van der Waals surface area contributed by atoms with E-state index in [1.165, 1.54) is 122 Å². The van der Waals surface area contributed by atoms with E-state index in [1.54, 1.807) is 0 Å². The van der Waals surface area contributed by atoms with Crippen LogP contribution in [0.3, 0.4) is 0 Å². The van der Waals surface area contributed by atoms with E-state index in [0.29, 0.717) is 12.5 Å². The van der Waals surface area contributed by atoms with Crippen LogP contribution in [0.4, 0.5) is 0 Å². The van der Waals surface area contributed by atoms with Crippen LogP contribution in [0, 0.1) is 5.92 Å². The summed E-state index contributed by atoms with van der Waals surface area (Å²) in [5.41, 5.74) is 0. The molecule has 1 aliphatic rings. The summed E-state index contributed by atoms with van der Waals surface area (Å²) in [6, 6.07) is 0. The Labute approximate surface area is 170 Å². The van der Waals surface area contributed by atoms with Crippen LogP contribution < -0.4 is 0 Å². The normalized spacial score (nSPS) is 20.2. The highest BCUT2D eigenvalue weighted by molar-refractivity contribution is 4.72. The highest BCUT2D eigenvalue weighted by Crippen LogP contribution is 2.22. The quantitative estimate of drug-likeness (QED) is 0.231. The van der Waals surface area contributed by atoms with Crippen LogP contribution >= 0.6 is 0 Å². The van der Waals surface area contributed by atoms with Crippen molar-refractivity contribution in [1.82, 2.24) is 0 Å². The van der Waals surface area contributed by atoms with E-state index in [9.17, 15) is 5.11 Å². The fourth-order valence-electron chi connectivity index (χ4n) is 4.41. The standard InChI is InChI=1S/C25H50O2/c1-2-3-4-5-6-7-8-9-10-11-12-13-14-15-16-17-18-19-20-24-21-22-27-23-25(24)26/h24-26H,2-23H2,1H3. The third-order valence-electron chi connectivity index (χ3n) is 6.39. The lowest BCUT2D eigenvalue weighted by Gasteiger charge is -2.27. The van der Waals surface area contributed by atoms with Crippen LogP contribution in [0.25, 0.3) is 0 Å². The van der Waals surface area contributed by atoms with Crippen molar-refractivity contribution in [3.63, 3.8) is 0 Å². The Bertz CT molecular complexity index is 292. The molecule has 27 heavy (non-hydrogen) atoms. The second-order valence-electron chi connectivity index (χ2n) is 8.99. The third kappa shape index (κ3) is 15.5. The van der Waals surface area contributed by atoms with Crippen molar-refractivity contribution in [3.05, 3.63) is 0 Å². The van der Waals surface area contributed by atoms with Gasteiger partial charge in [-0.2, -0.15) is 0 Å². The number of hydrogen-bond donors (Lipinski definition) is 1. The molecule has 2 nitrogen and oxygen atoms in total. The topological polar surface area (TPSA) is 29.5 Å². The summed E-state index contributed by atoms with van der Waals surface area (Å²) in [5.74, 6) is 0.500. The Morgan fingerprint density at radius 3 is 1.44 bits per heavy atom. The minimum Gasteiger partial charge on any atom is -0.390 e. The van der Waals surface area contributed by atoms with E-state index in [4.69, 9.17) is 4.74 Å². The highest BCUT2D eigenvalue weighted by Gasteiger charge is 2.22. The summed E-state index contributed by atoms with van der Waals surface area (Å²) in [4.78, 5) is 0. The molecular formula is C25H50O2. The molecule has 0 aromatic carbocycles. The molecule has 0 bridgehead atoms. The molecule has 1 N–H and O–H groups in total. The SMILES string of the molecule is CCCCCCCCCCCCCCCCCCCCC1CCOCC1O. The summed E-state index contributed by atoms with van der Waals surface area (Å²) >= 11 is 0. The second-order valence-corrected chi connectivity index (χ2v) is 8.99. The summed E-state index contributed by atoms with van der Waals surface area (Å²) in [6.45, 7) is 3.70. The fourth-order valence-corrected chi connectivity index (χ4v) is 4.41. The van der Waals surface area contributed by atoms with Crippen molar-refractivity contribution in [1.29, 1.82) is 0 Å². The number of rotatable bonds is 19. The predicted octanol–water partition coefficient (Wildman–Crippen LogP) is 7.82. The maximum Gasteiger partial charge on any atom is 0.0802 e. The van der Waals surface area contributed by atoms with Gasteiger partial charge in [-0.3, -0.25) is 0 Å². The van der Waals surface area contributed by atoms with E-state index in [2.05, 4.69) is 6.92 Å². The van der Waals surface area contributed by atoms with Crippen molar-refractivity contribution < 1.29 is 9.84 Å². The second kappa shape index (κ2) is 19.2. The summed E-state index contributed by atoms with van der Waals surface area (Å²) < 4.78 is 5.30. The van der Waals surface area contributed by atoms with E-state index in [1.807, 2.05) is 0 Å². The van der Waals surface area contributed by atoms with Gasteiger partial charge in [-0.25, -0.2) is 0 Å². The van der Waals surface area contributed by atoms with E-state index >= 15 is 0 Å². The van der Waals surface area contributed by atoms with Gasteiger partial charge in [0.1, 0.15) is 0 Å². The molecule has 2 atom stereocenters. The van der Waals surface area contributed by atoms with Gasteiger partial charge in [0.15, 0.2) is 0 Å². The Morgan fingerprint density at radius 2 is 1.04 bits per heavy atom. The molecule has 0 aromatic rings. The average Bonchev–Trinajstić information content (AvgIpc) is 2.68. The van der Waals surface area contributed by atoms with Crippen LogP contribution in [0.5, 0.6) is 0 Å². The zero-order valence-corrected chi connectivity index (χ0v) is 18.6. The van der Waals surface area contributed by atoms with Gasteiger partial charge >= 0.3 is 0 Å². The number of aliphatic hydroxyl groups is 1. The van der Waals surface area contributed by atoms with Gasteiger partial charge in [-0.1, -0.05) is 122 Å². The van der Waals surface area contributed by atoms with Gasteiger partial charge in [0, 0.05) is 6.61 Å². The van der Waals surface area contributed by atoms with Gasteiger partial charge in [0.25, 0.3) is 0 Å². The van der Waals surface area contributed by atoms with Gasteiger partial charge in [0.05, 0.1) is 12.7 Å². The molecule has 2 unspecified atom stereocenters. The molecule has 0 aliphatic carbocycles. The summed E-state index contributed by atoms with van der Waals surface area (Å²) in [7, 11) is 0. The molecular weight excluding hydrogens is 332 g/mol. The minimum atomic E-state index is -0.204. The van der Waals surface area contributed by atoms with E-state index in [0.717, 1.165) is 13.0 Å². The maximum atomic E-state index is 9.89. The van der Waals surface area contributed by atoms with Gasteiger partial charge in [0.2, 0.25) is 0 Å². The molecule has 1 saturated heterocycles. The molecule has 1 aliphatic heterocycles. The number of unbranched alkanes of at least 4 members (excludes halogenated alkanes) is 17. The number of hydrogen-bond acceptors (Lipinski definition) is 2. The molecule has 1 fully saturated rings. The van der Waals surface area contributed by atoms with Gasteiger partial charge in [-0.05, 0) is 18.8 Å². The van der Waals surface area contributed by atoms with Crippen LogP contribution in [-0.2, 0) is 4.74 Å². The van der Waals surface area contributed by atoms with Crippen LogP contribution in [-0.4, -0.2) is 24.4 Å². The van der Waals surface area contributed by atoms with E-state index < -0.39 is 0 Å². The van der Waals surface area contributed by atoms with Crippen molar-refractivity contribution in [2.75, 3.05) is 13.2 Å². The zero-order chi connectivity index (χ0) is 19.4. The lowest BCUT2D eigenvalue weighted by atomic mass is 9.91. The third-order valence-corrected chi connectivity index (χ3v) is 6.39. The molecule has 162 valence electrons. The maximum absolute atomic E-state index is 9.89. The molecule has 0 amide bonds. The predicted molar refractivity (Wildman–Crippen MR) is 118 cm³/mol. The summed E-state index contributed by atoms with van der Waals surface area (Å²) in [5, 5.41) is 9.89. The Balaban J connectivity index is 1.68. The first-order valence-corrected chi connectivity index (χ1v) is 12.6. The number of ether oxygens (including phenoxy) is 1. The van der Waals surface area contributed by atoms with E-state index in [-0.39, 0.29) is 6.10 Å². The van der Waals surface area contributed by atoms with Crippen LogP contribution in [0.1, 0.15) is 135 Å². The van der Waals surface area contributed by atoms with Crippen molar-refractivity contribution >= 4 is 0 Å². The summed E-state index contributed by atoms with van der Waals surface area (Å²) in [6.07, 6.45) is 27.8. The van der Waals surface area contributed by atoms with Gasteiger partial charge < -0.3 is 9.84 Å². The lowest BCUT2D eigenvalue weighted by Crippen LogP contribution is -2.32. The first-order valence-electron chi connectivity index (χ1n) is 12.6. The number of aliphatic hydroxyl groups excluding tert-OH is 1. The van der Waals surface area contributed by atoms with Crippen LogP contribution in [0.15, 0.2) is 0 Å². The molecule has 1 heterocycles. The largest absolute Gasteiger partial charge is 0.390 e. The molecule has 0 aromatic heterocycles. The molecule has 0 saturated carbocycles. The molecule has 1 rings (SSSR count). The zero-order valence-electron chi connectivity index (χ0n) is 18.6. The van der Waals surface area contributed by atoms with Crippen LogP contribution in [0.2, 0.25) is 0 Å². The Hall–Kier alpha value is -0.0800. The van der Waals surface area contributed by atoms with Crippen molar-refractivity contribution in [3.8, 4) is 0 Å². The Kier molecular flexibility index (Phi) is 17.8. The average molecular weight is 383 g/mol. The molecule has 0 radical (unpaired) electrons. The fraction of sp³-hybridized carbons (Fsp3) is 1.00. The first kappa shape index (κ1) is 25.0. The van der Waals surface area contributed by atoms with Crippen molar-refractivity contribution in [2.24, 2.45) is 5.92 Å². The van der Waals surface area contributed by atoms with Crippen molar-refractivity contribution in [2.45, 2.75) is 141 Å². The highest BCUT2D eigenvalue weighted by atomic mass is 16.5. The van der Waals surface area contributed by atoms with Gasteiger partial charge in [-0.15, -0.1) is 0 Å². The molecule has 2 heteroatoms.